The van der Waals surface area contributed by atoms with Gasteiger partial charge in [-0.05, 0) is 40.2 Å². The molecule has 0 N–H and O–H groups in total. The lowest BCUT2D eigenvalue weighted by Gasteiger charge is -2.25. The van der Waals surface area contributed by atoms with E-state index in [2.05, 4.69) is 20.9 Å². The summed E-state index contributed by atoms with van der Waals surface area (Å²) >= 11 is 3.33. The third-order valence-corrected chi connectivity index (χ3v) is 3.41. The minimum Gasteiger partial charge on any atom is -0.484 e. The number of hydrogen-bond acceptors (Lipinski definition) is 3. The zero-order valence-electron chi connectivity index (χ0n) is 9.77. The fourth-order valence-corrected chi connectivity index (χ4v) is 2.47. The molecule has 0 saturated carbocycles. The van der Waals surface area contributed by atoms with Crippen LogP contribution in [0.25, 0.3) is 0 Å². The monoisotopic (exact) mass is 321 g/mol. The molecule has 0 radical (unpaired) electrons. The van der Waals surface area contributed by atoms with E-state index in [4.69, 9.17) is 4.74 Å². The highest BCUT2D eigenvalue weighted by Crippen LogP contribution is 2.35. The molecular formula is C14H9BrFNO2. The van der Waals surface area contributed by atoms with Gasteiger partial charge >= 0.3 is 0 Å². The van der Waals surface area contributed by atoms with E-state index in [0.717, 1.165) is 10.0 Å². The van der Waals surface area contributed by atoms with Crippen molar-refractivity contribution in [2.24, 2.45) is 0 Å². The summed E-state index contributed by atoms with van der Waals surface area (Å²) in [7, 11) is 0. The Labute approximate surface area is 117 Å². The topological polar surface area (TPSA) is 39.2 Å². The van der Waals surface area contributed by atoms with E-state index >= 15 is 0 Å². The van der Waals surface area contributed by atoms with Crippen LogP contribution in [-0.2, 0) is 0 Å². The van der Waals surface area contributed by atoms with Crippen molar-refractivity contribution in [3.05, 3.63) is 58.1 Å². The molecule has 1 aromatic carbocycles. The number of benzene rings is 1. The molecule has 19 heavy (non-hydrogen) atoms. The first kappa shape index (κ1) is 12.3. The lowest BCUT2D eigenvalue weighted by molar-refractivity contribution is 0.0848. The van der Waals surface area contributed by atoms with Gasteiger partial charge in [-0.2, -0.15) is 0 Å². The second-order valence-electron chi connectivity index (χ2n) is 4.31. The Hall–Kier alpha value is -1.75. The van der Waals surface area contributed by atoms with E-state index in [0.29, 0.717) is 11.3 Å². The molecule has 3 rings (SSSR count). The Kier molecular flexibility index (Phi) is 3.06. The molecule has 0 amide bonds. The van der Waals surface area contributed by atoms with E-state index < -0.39 is 5.82 Å². The molecule has 1 aliphatic heterocycles. The molecule has 3 nitrogen and oxygen atoms in total. The van der Waals surface area contributed by atoms with Gasteiger partial charge in [-0.1, -0.05) is 0 Å². The van der Waals surface area contributed by atoms with Crippen molar-refractivity contribution in [2.45, 2.75) is 12.5 Å². The Morgan fingerprint density at radius 2 is 2.16 bits per heavy atom. The first-order valence-electron chi connectivity index (χ1n) is 5.73. The predicted molar refractivity (Wildman–Crippen MR) is 70.7 cm³/mol. The minimum atomic E-state index is -0.432. The largest absolute Gasteiger partial charge is 0.484 e. The predicted octanol–water partition coefficient (Wildman–Crippen LogP) is 3.69. The number of Topliss-reactive ketones (excluding diaryl/α,β-unsaturated/α-hetero) is 1. The van der Waals surface area contributed by atoms with Crippen molar-refractivity contribution in [1.82, 2.24) is 4.98 Å². The summed E-state index contributed by atoms with van der Waals surface area (Å²) in [6.45, 7) is 0. The molecule has 0 aliphatic carbocycles. The van der Waals surface area contributed by atoms with Crippen molar-refractivity contribution < 1.29 is 13.9 Å². The number of pyridine rings is 1. The van der Waals surface area contributed by atoms with Crippen molar-refractivity contribution in [2.75, 3.05) is 0 Å². The molecule has 1 aromatic heterocycles. The SMILES string of the molecule is O=C1CC(c2cncc(Br)c2)Oc2ccc(F)cc21. The quantitative estimate of drug-likeness (QED) is 0.804. The molecule has 1 atom stereocenters. The van der Waals surface area contributed by atoms with E-state index in [1.54, 1.807) is 12.4 Å². The Morgan fingerprint density at radius 3 is 2.95 bits per heavy atom. The van der Waals surface area contributed by atoms with Gasteiger partial charge in [-0.25, -0.2) is 4.39 Å². The molecule has 1 aliphatic rings. The average molecular weight is 322 g/mol. The van der Waals surface area contributed by atoms with Gasteiger partial charge in [0.25, 0.3) is 0 Å². The standard InChI is InChI=1S/C14H9BrFNO2/c15-9-3-8(6-17-7-9)14-5-12(18)11-4-10(16)1-2-13(11)19-14/h1-4,6-7,14H,5H2. The molecule has 1 unspecified atom stereocenters. The van der Waals surface area contributed by atoms with Crippen LogP contribution < -0.4 is 4.74 Å². The summed E-state index contributed by atoms with van der Waals surface area (Å²) in [4.78, 5) is 16.1. The summed E-state index contributed by atoms with van der Waals surface area (Å²) in [6, 6.07) is 5.85. The number of aromatic nitrogens is 1. The zero-order valence-corrected chi connectivity index (χ0v) is 11.4. The molecule has 2 heterocycles. The van der Waals surface area contributed by atoms with Crippen LogP contribution in [0.5, 0.6) is 5.75 Å². The normalized spacial score (nSPS) is 17.8. The average Bonchev–Trinajstić information content (AvgIpc) is 2.39. The number of carbonyl (C=O) groups is 1. The second kappa shape index (κ2) is 4.74. The molecule has 0 spiro atoms. The summed E-state index contributed by atoms with van der Waals surface area (Å²) in [6.07, 6.45) is 3.14. The number of halogens is 2. The lowest BCUT2D eigenvalue weighted by atomic mass is 9.97. The maximum Gasteiger partial charge on any atom is 0.170 e. The number of ketones is 1. The number of rotatable bonds is 1. The zero-order chi connectivity index (χ0) is 13.4. The highest BCUT2D eigenvalue weighted by Gasteiger charge is 2.28. The Bertz CT molecular complexity index is 660. The fourth-order valence-electron chi connectivity index (χ4n) is 2.09. The maximum atomic E-state index is 13.1. The van der Waals surface area contributed by atoms with E-state index in [1.165, 1.54) is 18.2 Å². The van der Waals surface area contributed by atoms with Gasteiger partial charge in [0.2, 0.25) is 0 Å². The van der Waals surface area contributed by atoms with Gasteiger partial charge in [-0.15, -0.1) is 0 Å². The number of ether oxygens (including phenoxy) is 1. The van der Waals surface area contributed by atoms with E-state index in [9.17, 15) is 9.18 Å². The summed E-state index contributed by atoms with van der Waals surface area (Å²) in [5, 5.41) is 0. The number of fused-ring (bicyclic) bond motifs is 1. The van der Waals surface area contributed by atoms with Crippen molar-refractivity contribution >= 4 is 21.7 Å². The first-order valence-corrected chi connectivity index (χ1v) is 6.52. The smallest absolute Gasteiger partial charge is 0.170 e. The molecular weight excluding hydrogens is 313 g/mol. The highest BCUT2D eigenvalue weighted by atomic mass is 79.9. The summed E-state index contributed by atoms with van der Waals surface area (Å²) in [5.74, 6) is -0.133. The van der Waals surface area contributed by atoms with Crippen molar-refractivity contribution in [3.63, 3.8) is 0 Å². The van der Waals surface area contributed by atoms with Crippen molar-refractivity contribution in [1.29, 1.82) is 0 Å². The third kappa shape index (κ3) is 2.38. The van der Waals surface area contributed by atoms with Gasteiger partial charge < -0.3 is 4.74 Å². The maximum absolute atomic E-state index is 13.1. The first-order chi connectivity index (χ1) is 9.13. The second-order valence-corrected chi connectivity index (χ2v) is 5.23. The Morgan fingerprint density at radius 1 is 1.32 bits per heavy atom. The fraction of sp³-hybridized carbons (Fsp3) is 0.143. The van der Waals surface area contributed by atoms with Gasteiger partial charge in [-0.3, -0.25) is 9.78 Å². The van der Waals surface area contributed by atoms with Crippen LogP contribution in [0.2, 0.25) is 0 Å². The van der Waals surface area contributed by atoms with Crippen LogP contribution in [0, 0.1) is 5.82 Å². The lowest BCUT2D eigenvalue weighted by Crippen LogP contribution is -2.20. The molecule has 0 saturated heterocycles. The van der Waals surface area contributed by atoms with Crippen LogP contribution in [0.15, 0.2) is 41.1 Å². The molecule has 5 heteroatoms. The van der Waals surface area contributed by atoms with Crippen LogP contribution in [0.4, 0.5) is 4.39 Å². The number of hydrogen-bond donors (Lipinski definition) is 0. The number of carbonyl (C=O) groups excluding carboxylic acids is 1. The van der Waals surface area contributed by atoms with Crippen molar-refractivity contribution in [3.8, 4) is 5.75 Å². The van der Waals surface area contributed by atoms with E-state index in [-0.39, 0.29) is 18.3 Å². The Balaban J connectivity index is 1.97. The van der Waals surface area contributed by atoms with Gasteiger partial charge in [0.15, 0.2) is 5.78 Å². The van der Waals surface area contributed by atoms with Gasteiger partial charge in [0, 0.05) is 22.4 Å². The minimum absolute atomic E-state index is 0.120. The highest BCUT2D eigenvalue weighted by molar-refractivity contribution is 9.10. The van der Waals surface area contributed by atoms with Crippen LogP contribution >= 0.6 is 15.9 Å². The summed E-state index contributed by atoms with van der Waals surface area (Å²) < 4.78 is 19.7. The third-order valence-electron chi connectivity index (χ3n) is 2.98. The van der Waals surface area contributed by atoms with Gasteiger partial charge in [0.05, 0.1) is 12.0 Å². The van der Waals surface area contributed by atoms with Crippen LogP contribution in [0.3, 0.4) is 0 Å². The molecule has 96 valence electrons. The van der Waals surface area contributed by atoms with Gasteiger partial charge in [0.1, 0.15) is 17.7 Å². The van der Waals surface area contributed by atoms with Crippen LogP contribution in [0.1, 0.15) is 28.4 Å². The van der Waals surface area contributed by atoms with Crippen LogP contribution in [-0.4, -0.2) is 10.8 Å². The molecule has 0 bridgehead atoms. The number of nitrogens with zero attached hydrogens (tertiary/aromatic N) is 1. The van der Waals surface area contributed by atoms with E-state index in [1.807, 2.05) is 6.07 Å². The molecule has 2 aromatic rings. The molecule has 0 fully saturated rings. The summed E-state index contributed by atoms with van der Waals surface area (Å²) in [5.41, 5.74) is 1.12.